The number of fused-ring (bicyclic) bond motifs is 1. The van der Waals surface area contributed by atoms with Gasteiger partial charge in [-0.25, -0.2) is 0 Å². The molecule has 3 aliphatic rings. The van der Waals surface area contributed by atoms with Crippen LogP contribution in [0.5, 0.6) is 5.75 Å². The van der Waals surface area contributed by atoms with Crippen molar-refractivity contribution in [3.63, 3.8) is 0 Å². The number of carbonyl (C=O) groups excluding carboxylic acids is 1. The van der Waals surface area contributed by atoms with Crippen molar-refractivity contribution in [3.8, 4) is 5.75 Å². The maximum absolute atomic E-state index is 14.5. The maximum atomic E-state index is 14.5. The van der Waals surface area contributed by atoms with Crippen LogP contribution in [0.15, 0.2) is 36.7 Å². The Kier molecular flexibility index (Phi) is 16.5. The lowest BCUT2D eigenvalue weighted by molar-refractivity contribution is -0.316. The van der Waals surface area contributed by atoms with Gasteiger partial charge < -0.3 is 63.4 Å². The third-order valence-corrected chi connectivity index (χ3v) is 14.1. The lowest BCUT2D eigenvalue weighted by Crippen LogP contribution is -2.61. The molecule has 1 aromatic carbocycles. The van der Waals surface area contributed by atoms with Gasteiger partial charge >= 0.3 is 5.97 Å². The first kappa shape index (κ1) is 50.5. The van der Waals surface area contributed by atoms with E-state index in [0.717, 1.165) is 10.8 Å². The Balaban J connectivity index is 1.62. The topological polar surface area (TPSA) is 182 Å². The summed E-state index contributed by atoms with van der Waals surface area (Å²) in [5, 5.41) is 49.5. The second kappa shape index (κ2) is 20.3. The molecule has 15 nitrogen and oxygen atoms in total. The van der Waals surface area contributed by atoms with Crippen molar-refractivity contribution in [2.45, 2.75) is 185 Å². The molecule has 0 radical (unpaired) electrons. The maximum Gasteiger partial charge on any atom is 0.311 e. The lowest BCUT2D eigenvalue weighted by atomic mass is 9.77. The molecule has 3 aliphatic heterocycles. The smallest absolute Gasteiger partial charge is 0.311 e. The van der Waals surface area contributed by atoms with E-state index in [0.29, 0.717) is 18.7 Å². The van der Waals surface area contributed by atoms with Crippen molar-refractivity contribution in [2.24, 2.45) is 17.8 Å². The number of pyridine rings is 1. The van der Waals surface area contributed by atoms with Crippen molar-refractivity contribution >= 4 is 16.7 Å². The van der Waals surface area contributed by atoms with Crippen molar-refractivity contribution in [1.82, 2.24) is 14.8 Å². The van der Waals surface area contributed by atoms with E-state index in [-0.39, 0.29) is 37.3 Å². The van der Waals surface area contributed by atoms with E-state index in [1.165, 1.54) is 14.0 Å². The van der Waals surface area contributed by atoms with Crippen molar-refractivity contribution < 1.29 is 58.4 Å². The average molecular weight is 876 g/mol. The molecule has 0 unspecified atom stereocenters. The van der Waals surface area contributed by atoms with Gasteiger partial charge in [-0.1, -0.05) is 26.8 Å². The van der Waals surface area contributed by atoms with Gasteiger partial charge in [0.1, 0.15) is 29.7 Å². The number of aromatic nitrogens is 1. The fraction of sp³-hybridized carbons (Fsp3) is 0.787. The zero-order chi connectivity index (χ0) is 46.1. The summed E-state index contributed by atoms with van der Waals surface area (Å²) in [5.41, 5.74) is -4.42. The van der Waals surface area contributed by atoms with Crippen LogP contribution in [0.4, 0.5) is 0 Å². The summed E-state index contributed by atoms with van der Waals surface area (Å²) in [6.07, 6.45) is -4.14. The van der Waals surface area contributed by atoms with Crippen LogP contribution in [0, 0.1) is 17.8 Å². The number of hydrogen-bond acceptors (Lipinski definition) is 15. The Bertz CT molecular complexity index is 1770. The lowest BCUT2D eigenvalue weighted by Gasteiger charge is -2.49. The predicted molar refractivity (Wildman–Crippen MR) is 234 cm³/mol. The summed E-state index contributed by atoms with van der Waals surface area (Å²) < 4.78 is 45.8. The van der Waals surface area contributed by atoms with E-state index in [1.807, 2.05) is 78.0 Å². The van der Waals surface area contributed by atoms with Crippen LogP contribution in [0.1, 0.15) is 94.9 Å². The van der Waals surface area contributed by atoms with Gasteiger partial charge in [-0.3, -0.25) is 9.78 Å². The van der Waals surface area contributed by atoms with Crippen LogP contribution in [0.2, 0.25) is 0 Å². The number of aliphatic hydroxyl groups excluding tert-OH is 2. The number of benzene rings is 1. The molecule has 0 saturated carbocycles. The highest BCUT2D eigenvalue weighted by Gasteiger charge is 2.53. The Morgan fingerprint density at radius 3 is 2.27 bits per heavy atom. The van der Waals surface area contributed by atoms with Crippen LogP contribution < -0.4 is 4.74 Å². The van der Waals surface area contributed by atoms with Gasteiger partial charge in [0.2, 0.25) is 0 Å². The van der Waals surface area contributed by atoms with Gasteiger partial charge in [0.05, 0.1) is 47.6 Å². The second-order valence-corrected chi connectivity index (χ2v) is 19.6. The number of hydrogen-bond donors (Lipinski definition) is 4. The first-order valence-electron chi connectivity index (χ1n) is 22.5. The van der Waals surface area contributed by atoms with E-state index in [9.17, 15) is 25.2 Å². The third-order valence-electron chi connectivity index (χ3n) is 14.1. The predicted octanol–water partition coefficient (Wildman–Crippen LogP) is 4.54. The molecule has 18 atom stereocenters. The normalized spacial score (nSPS) is 43.5. The Morgan fingerprint density at radius 2 is 1.63 bits per heavy atom. The Hall–Kier alpha value is -2.54. The van der Waals surface area contributed by atoms with E-state index in [4.69, 9.17) is 33.2 Å². The van der Waals surface area contributed by atoms with Crippen LogP contribution in [-0.2, 0) is 33.2 Å². The van der Waals surface area contributed by atoms with E-state index in [2.05, 4.69) is 9.88 Å². The van der Waals surface area contributed by atoms with Crippen LogP contribution in [0.25, 0.3) is 10.8 Å². The minimum atomic E-state index is -1.81. The largest absolute Gasteiger partial charge is 0.483 e. The molecule has 0 bridgehead atoms. The van der Waals surface area contributed by atoms with Crippen LogP contribution in [-0.4, -0.2) is 166 Å². The van der Waals surface area contributed by atoms with Gasteiger partial charge in [0, 0.05) is 49.8 Å². The minimum Gasteiger partial charge on any atom is -0.483 e. The summed E-state index contributed by atoms with van der Waals surface area (Å²) in [4.78, 5) is 22.9. The number of likely N-dealkylation sites (N-methyl/N-ethyl adjacent to an activating group) is 2. The molecule has 4 N–H and O–H groups in total. The number of methoxy groups -OCH3 is 1. The summed E-state index contributed by atoms with van der Waals surface area (Å²) in [7, 11) is 7.37. The van der Waals surface area contributed by atoms with Crippen molar-refractivity contribution in [1.29, 1.82) is 0 Å². The van der Waals surface area contributed by atoms with Gasteiger partial charge in [-0.2, -0.15) is 0 Å². The second-order valence-electron chi connectivity index (χ2n) is 19.6. The van der Waals surface area contributed by atoms with Crippen LogP contribution in [0.3, 0.4) is 0 Å². The van der Waals surface area contributed by atoms with Crippen molar-refractivity contribution in [2.75, 3.05) is 34.8 Å². The number of nitrogens with zero attached hydrogens (tertiary/aromatic N) is 3. The van der Waals surface area contributed by atoms with Gasteiger partial charge in [-0.15, -0.1) is 0 Å². The number of rotatable bonds is 9. The first-order valence-corrected chi connectivity index (χ1v) is 22.5. The first-order chi connectivity index (χ1) is 28.9. The Morgan fingerprint density at radius 1 is 0.935 bits per heavy atom. The molecule has 15 heteroatoms. The molecule has 3 saturated heterocycles. The fourth-order valence-corrected chi connectivity index (χ4v) is 10.1. The third kappa shape index (κ3) is 11.1. The van der Waals surface area contributed by atoms with Crippen LogP contribution >= 0.6 is 0 Å². The molecule has 0 aliphatic carbocycles. The molecule has 1 aromatic heterocycles. The minimum absolute atomic E-state index is 0.132. The van der Waals surface area contributed by atoms with Gasteiger partial charge in [0.15, 0.2) is 18.7 Å². The fourth-order valence-electron chi connectivity index (χ4n) is 10.1. The number of ether oxygens (including phenoxy) is 7. The number of carbonyl (C=O) groups is 1. The average Bonchev–Trinajstić information content (AvgIpc) is 3.21. The van der Waals surface area contributed by atoms with Gasteiger partial charge in [-0.05, 0) is 118 Å². The SMILES string of the molecule is CC[C@H]1OC(=O)[C@H](C)[C@@H](O[C@H]2C[C@@](C)(OC)[C@@H](O)[C@H](C)O2)[C@H](C)[C@@H](O[C@@H]2O[C@H](C)C[C@H](N(C)C)[C@H]2Oc2ccc3ccncc3c2)[C@](C)(O)C[C@@H](C)CN(C)[C@H](C)[C@@H](O)[C@]1(C)O. The summed E-state index contributed by atoms with van der Waals surface area (Å²) >= 11 is 0. The number of esters is 1. The van der Waals surface area contributed by atoms with E-state index < -0.39 is 96.0 Å². The van der Waals surface area contributed by atoms with E-state index >= 15 is 0 Å². The van der Waals surface area contributed by atoms with E-state index in [1.54, 1.807) is 47.0 Å². The summed E-state index contributed by atoms with van der Waals surface area (Å²) in [5.74, 6) is -1.99. The number of cyclic esters (lactones) is 1. The Labute approximate surface area is 369 Å². The monoisotopic (exact) mass is 876 g/mol. The molecule has 352 valence electrons. The highest BCUT2D eigenvalue weighted by atomic mass is 16.7. The highest BCUT2D eigenvalue weighted by Crippen LogP contribution is 2.41. The molecule has 2 aromatic rings. The molecule has 0 spiro atoms. The molecule has 4 heterocycles. The zero-order valence-electron chi connectivity index (χ0n) is 39.6. The standard InChI is InChI=1S/C47H77N3O12/c1-15-36-47(10,55)40(51)30(6)50(13)25-26(2)22-45(8,54)42(28(4)38(29(5)43(53)60-36)61-37-23-46(9,56-14)41(52)31(7)58-37)62-44-39(35(49(11)12)20-27(3)57-44)59-34-17-16-32-18-19-48-24-33(32)21-34/h16-19,21,24,26-31,35-42,44,51-52,54-55H,15,20,22-23,25H2,1-14H3/t26-,27-,28+,29-,30-,31+,35+,36-,37+,38+,39-,40-,41+,42-,44+,45-,46-,47-/m1/s1. The quantitative estimate of drug-likeness (QED) is 0.258. The molecular weight excluding hydrogens is 799 g/mol. The zero-order valence-corrected chi connectivity index (χ0v) is 39.6. The summed E-state index contributed by atoms with van der Waals surface area (Å²) in [6.45, 7) is 18.4. The molecule has 3 fully saturated rings. The number of aliphatic hydroxyl groups is 4. The highest BCUT2D eigenvalue weighted by molar-refractivity contribution is 5.82. The van der Waals surface area contributed by atoms with Gasteiger partial charge in [0.25, 0.3) is 0 Å². The van der Waals surface area contributed by atoms with Crippen molar-refractivity contribution in [3.05, 3.63) is 36.7 Å². The molecule has 0 amide bonds. The summed E-state index contributed by atoms with van der Waals surface area (Å²) in [6, 6.07) is 7.07. The molecular formula is C47H77N3O12. The molecule has 62 heavy (non-hydrogen) atoms. The molecule has 5 rings (SSSR count).